The second-order valence-corrected chi connectivity index (χ2v) is 7.30. The zero-order valence-electron chi connectivity index (χ0n) is 15.5. The van der Waals surface area contributed by atoms with Gasteiger partial charge in [0.1, 0.15) is 11.6 Å². The molecule has 0 unspecified atom stereocenters. The maximum atomic E-state index is 12.9. The summed E-state index contributed by atoms with van der Waals surface area (Å²) in [5.41, 5.74) is 2.16. The number of fused-ring (bicyclic) bond motifs is 1. The SMILES string of the molecule is C[C@@H](OC(=O)c1csc(-c2ccccc2)n1)C(=O)N1CC(=O)Nc2ccccc21. The Bertz CT molecular complexity index is 1080. The number of hydrogen-bond acceptors (Lipinski definition) is 6. The number of rotatable bonds is 4. The van der Waals surface area contributed by atoms with Crippen LogP contribution in [-0.4, -0.2) is 35.4 Å². The van der Waals surface area contributed by atoms with Crippen LogP contribution < -0.4 is 10.2 Å². The van der Waals surface area contributed by atoms with E-state index in [-0.39, 0.29) is 18.1 Å². The van der Waals surface area contributed by atoms with Crippen LogP contribution in [-0.2, 0) is 14.3 Å². The third-order valence-electron chi connectivity index (χ3n) is 4.40. The fourth-order valence-electron chi connectivity index (χ4n) is 3.00. The maximum Gasteiger partial charge on any atom is 0.358 e. The summed E-state index contributed by atoms with van der Waals surface area (Å²) in [7, 11) is 0. The minimum absolute atomic E-state index is 0.132. The lowest BCUT2D eigenvalue weighted by Crippen LogP contribution is -2.47. The summed E-state index contributed by atoms with van der Waals surface area (Å²) in [4.78, 5) is 42.9. The number of carbonyl (C=O) groups is 3. The predicted molar refractivity (Wildman–Crippen MR) is 110 cm³/mol. The molecule has 1 N–H and O–H groups in total. The Labute approximate surface area is 170 Å². The quantitative estimate of drug-likeness (QED) is 0.670. The molecule has 146 valence electrons. The molecule has 2 heterocycles. The topological polar surface area (TPSA) is 88.6 Å². The van der Waals surface area contributed by atoms with Crippen LogP contribution in [0.1, 0.15) is 17.4 Å². The molecule has 7 nitrogen and oxygen atoms in total. The maximum absolute atomic E-state index is 12.9. The van der Waals surface area contributed by atoms with Crippen molar-refractivity contribution in [3.63, 3.8) is 0 Å². The third-order valence-corrected chi connectivity index (χ3v) is 5.29. The number of hydrogen-bond donors (Lipinski definition) is 1. The first-order chi connectivity index (χ1) is 14.0. The molecule has 0 radical (unpaired) electrons. The highest BCUT2D eigenvalue weighted by atomic mass is 32.1. The monoisotopic (exact) mass is 407 g/mol. The van der Waals surface area contributed by atoms with E-state index in [9.17, 15) is 14.4 Å². The van der Waals surface area contributed by atoms with Crippen molar-refractivity contribution in [1.29, 1.82) is 0 Å². The molecule has 4 rings (SSSR count). The fraction of sp³-hybridized carbons (Fsp3) is 0.143. The highest BCUT2D eigenvalue weighted by Gasteiger charge is 2.31. The minimum Gasteiger partial charge on any atom is -0.448 e. The van der Waals surface area contributed by atoms with Crippen molar-refractivity contribution in [3.05, 3.63) is 65.7 Å². The van der Waals surface area contributed by atoms with Crippen LogP contribution in [0.5, 0.6) is 0 Å². The standard InChI is InChI=1S/C21H17N3O4S/c1-13(20(26)24-11-18(25)22-15-9-5-6-10-17(15)24)28-21(27)16-12-29-19(23-16)14-7-3-2-4-8-14/h2-10,12-13H,11H2,1H3,(H,22,25)/t13-/m1/s1. The number of para-hydroxylation sites is 2. The van der Waals surface area contributed by atoms with E-state index in [0.717, 1.165) is 5.56 Å². The van der Waals surface area contributed by atoms with Crippen LogP contribution >= 0.6 is 11.3 Å². The summed E-state index contributed by atoms with van der Waals surface area (Å²) in [6.45, 7) is 1.35. The number of amides is 2. The van der Waals surface area contributed by atoms with Crippen LogP contribution in [0.4, 0.5) is 11.4 Å². The number of ether oxygens (including phenoxy) is 1. The van der Waals surface area contributed by atoms with E-state index in [4.69, 9.17) is 4.74 Å². The predicted octanol–water partition coefficient (Wildman–Crippen LogP) is 3.34. The van der Waals surface area contributed by atoms with Crippen molar-refractivity contribution in [1.82, 2.24) is 4.98 Å². The Hall–Kier alpha value is -3.52. The lowest BCUT2D eigenvalue weighted by atomic mass is 10.1. The van der Waals surface area contributed by atoms with Gasteiger partial charge in [-0.2, -0.15) is 0 Å². The zero-order chi connectivity index (χ0) is 20.4. The van der Waals surface area contributed by atoms with E-state index in [1.807, 2.05) is 30.3 Å². The van der Waals surface area contributed by atoms with Gasteiger partial charge in [0.05, 0.1) is 11.4 Å². The number of nitrogens with one attached hydrogen (secondary N) is 1. The molecule has 29 heavy (non-hydrogen) atoms. The smallest absolute Gasteiger partial charge is 0.358 e. The molecule has 0 fully saturated rings. The Balaban J connectivity index is 1.48. The molecule has 2 amide bonds. The number of nitrogens with zero attached hydrogens (tertiary/aromatic N) is 2. The lowest BCUT2D eigenvalue weighted by Gasteiger charge is -2.30. The summed E-state index contributed by atoms with van der Waals surface area (Å²) in [5.74, 6) is -1.46. The van der Waals surface area contributed by atoms with Gasteiger partial charge < -0.3 is 10.1 Å². The van der Waals surface area contributed by atoms with E-state index in [0.29, 0.717) is 16.4 Å². The number of anilines is 2. The molecule has 0 saturated heterocycles. The van der Waals surface area contributed by atoms with Crippen molar-refractivity contribution in [2.75, 3.05) is 16.8 Å². The fourth-order valence-corrected chi connectivity index (χ4v) is 3.80. The largest absolute Gasteiger partial charge is 0.448 e. The summed E-state index contributed by atoms with van der Waals surface area (Å²) in [6, 6.07) is 16.5. The van der Waals surface area contributed by atoms with E-state index >= 15 is 0 Å². The summed E-state index contributed by atoms with van der Waals surface area (Å²) >= 11 is 1.33. The molecule has 1 aliphatic rings. The number of thiazole rings is 1. The second-order valence-electron chi connectivity index (χ2n) is 6.44. The highest BCUT2D eigenvalue weighted by Crippen LogP contribution is 2.30. The molecule has 0 bridgehead atoms. The molecule has 1 aliphatic heterocycles. The molecule has 0 saturated carbocycles. The zero-order valence-corrected chi connectivity index (χ0v) is 16.3. The van der Waals surface area contributed by atoms with Gasteiger partial charge in [0.25, 0.3) is 5.91 Å². The minimum atomic E-state index is -1.07. The van der Waals surface area contributed by atoms with Crippen LogP contribution in [0, 0.1) is 0 Å². The van der Waals surface area contributed by atoms with Crippen molar-refractivity contribution < 1.29 is 19.1 Å². The van der Waals surface area contributed by atoms with E-state index < -0.39 is 18.0 Å². The lowest BCUT2D eigenvalue weighted by molar-refractivity contribution is -0.128. The van der Waals surface area contributed by atoms with Gasteiger partial charge in [0, 0.05) is 10.9 Å². The molecule has 1 aromatic heterocycles. The van der Waals surface area contributed by atoms with Gasteiger partial charge in [-0.3, -0.25) is 14.5 Å². The molecule has 8 heteroatoms. The molecule has 0 spiro atoms. The Morgan fingerprint density at radius 1 is 1.14 bits per heavy atom. The van der Waals surface area contributed by atoms with Gasteiger partial charge in [0.15, 0.2) is 11.8 Å². The second kappa shape index (κ2) is 7.84. The van der Waals surface area contributed by atoms with Gasteiger partial charge in [-0.05, 0) is 19.1 Å². The van der Waals surface area contributed by atoms with Crippen LogP contribution in [0.3, 0.4) is 0 Å². The third kappa shape index (κ3) is 3.88. The van der Waals surface area contributed by atoms with E-state index in [1.54, 1.807) is 29.6 Å². The first-order valence-corrected chi connectivity index (χ1v) is 9.83. The summed E-state index contributed by atoms with van der Waals surface area (Å²) < 4.78 is 5.33. The van der Waals surface area contributed by atoms with Crippen molar-refractivity contribution >= 4 is 40.5 Å². The molecular weight excluding hydrogens is 390 g/mol. The Kier molecular flexibility index (Phi) is 5.09. The molecular formula is C21H17N3O4S. The number of aromatic nitrogens is 1. The Morgan fingerprint density at radius 3 is 2.66 bits per heavy atom. The normalized spacial score (nSPS) is 14.0. The van der Waals surface area contributed by atoms with Gasteiger partial charge >= 0.3 is 5.97 Å². The van der Waals surface area contributed by atoms with E-state index in [1.165, 1.54) is 23.2 Å². The first-order valence-electron chi connectivity index (χ1n) is 8.95. The molecule has 3 aromatic rings. The average molecular weight is 407 g/mol. The molecule has 1 atom stereocenters. The average Bonchev–Trinajstić information content (AvgIpc) is 3.23. The Morgan fingerprint density at radius 2 is 1.86 bits per heavy atom. The van der Waals surface area contributed by atoms with Crippen LogP contribution in [0.2, 0.25) is 0 Å². The van der Waals surface area contributed by atoms with Gasteiger partial charge in [-0.25, -0.2) is 9.78 Å². The van der Waals surface area contributed by atoms with Crippen molar-refractivity contribution in [3.8, 4) is 10.6 Å². The number of carbonyl (C=O) groups excluding carboxylic acids is 3. The van der Waals surface area contributed by atoms with Gasteiger partial charge in [-0.1, -0.05) is 42.5 Å². The van der Waals surface area contributed by atoms with Gasteiger partial charge in [0.2, 0.25) is 5.91 Å². The van der Waals surface area contributed by atoms with Crippen LogP contribution in [0.15, 0.2) is 60.0 Å². The van der Waals surface area contributed by atoms with Crippen molar-refractivity contribution in [2.24, 2.45) is 0 Å². The number of benzene rings is 2. The van der Waals surface area contributed by atoms with E-state index in [2.05, 4.69) is 10.3 Å². The van der Waals surface area contributed by atoms with Crippen LogP contribution in [0.25, 0.3) is 10.6 Å². The van der Waals surface area contributed by atoms with Gasteiger partial charge in [-0.15, -0.1) is 11.3 Å². The summed E-state index contributed by atoms with van der Waals surface area (Å²) in [6.07, 6.45) is -1.07. The molecule has 2 aromatic carbocycles. The number of esters is 1. The highest BCUT2D eigenvalue weighted by molar-refractivity contribution is 7.13. The first kappa shape index (κ1) is 18.8. The summed E-state index contributed by atoms with van der Waals surface area (Å²) in [5, 5.41) is 5.01. The van der Waals surface area contributed by atoms with Crippen molar-refractivity contribution in [2.45, 2.75) is 13.0 Å². The molecule has 0 aliphatic carbocycles.